The van der Waals surface area contributed by atoms with Crippen molar-refractivity contribution in [3.8, 4) is 11.5 Å². The number of rotatable bonds is 5. The summed E-state index contributed by atoms with van der Waals surface area (Å²) in [5.74, 6) is -10.7. The molecule has 1 aromatic carbocycles. The molecule has 1 aromatic rings. The number of Topliss-reactive ketones (excluding diaryl/α,β-unsaturated/α-hetero) is 2. The van der Waals surface area contributed by atoms with Gasteiger partial charge in [-0.2, -0.15) is 21.6 Å². The van der Waals surface area contributed by atoms with Gasteiger partial charge in [-0.1, -0.05) is 0 Å². The molecular formula is C24H27F3N4O10S. The number of fused-ring (bicyclic) bond motifs is 3. The molecule has 4 atom stereocenters. The molecule has 18 heteroatoms. The highest BCUT2D eigenvalue weighted by atomic mass is 32.2. The van der Waals surface area contributed by atoms with E-state index in [2.05, 4.69) is 4.18 Å². The van der Waals surface area contributed by atoms with Crippen molar-refractivity contribution in [3.05, 3.63) is 28.0 Å². The van der Waals surface area contributed by atoms with Gasteiger partial charge in [-0.3, -0.25) is 19.3 Å². The zero-order valence-corrected chi connectivity index (χ0v) is 23.3. The molecule has 0 aliphatic heterocycles. The first-order valence-corrected chi connectivity index (χ1v) is 13.5. The number of hydrogen-bond donors (Lipinski definition) is 6. The Hall–Kier alpha value is -4.03. The molecule has 0 bridgehead atoms. The predicted octanol–water partition coefficient (Wildman–Crippen LogP) is -0.159. The summed E-state index contributed by atoms with van der Waals surface area (Å²) in [6.07, 6.45) is -0.681. The summed E-state index contributed by atoms with van der Waals surface area (Å²) in [4.78, 5) is 41.5. The van der Waals surface area contributed by atoms with Crippen molar-refractivity contribution in [2.24, 2.45) is 17.6 Å². The number of likely N-dealkylation sites (N-methyl/N-ethyl adjacent to an activating group) is 1. The first-order valence-electron chi connectivity index (χ1n) is 12.1. The summed E-state index contributed by atoms with van der Waals surface area (Å²) in [6.45, 7) is 0. The monoisotopic (exact) mass is 620 g/mol. The molecule has 230 valence electrons. The fourth-order valence-electron chi connectivity index (χ4n) is 6.07. The Labute approximate surface area is 236 Å². The Balaban J connectivity index is 2.02. The lowest BCUT2D eigenvalue weighted by atomic mass is 9.57. The number of amides is 1. The van der Waals surface area contributed by atoms with Gasteiger partial charge >= 0.3 is 15.6 Å². The van der Waals surface area contributed by atoms with Crippen LogP contribution in [0.2, 0.25) is 0 Å². The molecule has 0 heterocycles. The lowest BCUT2D eigenvalue weighted by molar-refractivity contribution is -0.153. The lowest BCUT2D eigenvalue weighted by Crippen LogP contribution is -2.65. The van der Waals surface area contributed by atoms with Gasteiger partial charge in [-0.15, -0.1) is 0 Å². The molecule has 1 fully saturated rings. The van der Waals surface area contributed by atoms with E-state index in [1.807, 2.05) is 0 Å². The Morgan fingerprint density at radius 3 is 2.17 bits per heavy atom. The number of aliphatic hydroxyl groups is 3. The van der Waals surface area contributed by atoms with Crippen molar-refractivity contribution >= 4 is 44.7 Å². The van der Waals surface area contributed by atoms with E-state index in [4.69, 9.17) is 11.5 Å². The summed E-state index contributed by atoms with van der Waals surface area (Å²) >= 11 is 0. The summed E-state index contributed by atoms with van der Waals surface area (Å²) in [6, 6.07) is -1.37. The number of primary amides is 1. The van der Waals surface area contributed by atoms with Crippen LogP contribution >= 0.6 is 0 Å². The van der Waals surface area contributed by atoms with Gasteiger partial charge in [0.05, 0.1) is 17.3 Å². The van der Waals surface area contributed by atoms with E-state index in [0.717, 1.165) is 4.90 Å². The molecule has 42 heavy (non-hydrogen) atoms. The number of benzene rings is 1. The van der Waals surface area contributed by atoms with Gasteiger partial charge in [0.2, 0.25) is 5.78 Å². The SMILES string of the molecule is CN(C)c1c2c(c(O)c(N)c1OS(=O)(=O)C(F)(F)F)C(O)=C1C(=O)C3(O)C(O)=C(C(N)=O)C(=O)C(N(C)C)C3CC1C2. The second-order valence-corrected chi connectivity index (χ2v) is 12.2. The number of halogens is 3. The van der Waals surface area contributed by atoms with Crippen LogP contribution in [0.3, 0.4) is 0 Å². The number of nitrogen functional groups attached to an aromatic ring is 1. The van der Waals surface area contributed by atoms with Gasteiger partial charge < -0.3 is 41.0 Å². The number of aliphatic hydroxyl groups excluding tert-OH is 2. The zero-order chi connectivity index (χ0) is 32.0. The van der Waals surface area contributed by atoms with E-state index < -0.39 is 102 Å². The average molecular weight is 621 g/mol. The standard InChI is InChI=1S/C24H27F3N4O10S/c1-30(2)14-8-5-7-6-9-15(31(3)4)18(34)12(22(29)37)21(36)23(9,38)20(35)10(7)16(32)11(8)17(33)13(28)19(14)41-42(39,40)24(25,26)27/h7,9,15,32-33,36,38H,5-6,28H2,1-4H3,(H2,29,37). The van der Waals surface area contributed by atoms with Crippen LogP contribution in [0.25, 0.3) is 5.76 Å². The molecule has 4 rings (SSSR count). The second-order valence-electron chi connectivity index (χ2n) is 10.6. The minimum atomic E-state index is -6.28. The number of ketones is 2. The number of aromatic hydroxyl groups is 1. The quantitative estimate of drug-likeness (QED) is 0.0827. The number of phenolic OH excluding ortho intramolecular Hbond substituents is 1. The summed E-state index contributed by atoms with van der Waals surface area (Å²) < 4.78 is 67.5. The molecule has 4 unspecified atom stereocenters. The Morgan fingerprint density at radius 1 is 1.12 bits per heavy atom. The van der Waals surface area contributed by atoms with E-state index in [1.165, 1.54) is 33.1 Å². The van der Waals surface area contributed by atoms with E-state index in [0.29, 0.717) is 0 Å². The number of carbonyl (C=O) groups is 3. The van der Waals surface area contributed by atoms with Crippen molar-refractivity contribution in [3.63, 3.8) is 0 Å². The average Bonchev–Trinajstić information content (AvgIpc) is 2.83. The van der Waals surface area contributed by atoms with Crippen LogP contribution in [0.4, 0.5) is 24.5 Å². The molecule has 0 saturated heterocycles. The number of phenols is 1. The number of anilines is 2. The third-order valence-electron chi connectivity index (χ3n) is 7.78. The van der Waals surface area contributed by atoms with E-state index in [9.17, 15) is 56.4 Å². The Morgan fingerprint density at radius 2 is 1.69 bits per heavy atom. The number of alkyl halides is 3. The highest BCUT2D eigenvalue weighted by Crippen LogP contribution is 2.57. The number of carbonyl (C=O) groups excluding carboxylic acids is 3. The molecule has 0 radical (unpaired) electrons. The van der Waals surface area contributed by atoms with Crippen molar-refractivity contribution in [1.82, 2.24) is 4.90 Å². The third kappa shape index (κ3) is 4.07. The normalized spacial score (nSPS) is 26.2. The maximum Gasteiger partial charge on any atom is 0.534 e. The lowest BCUT2D eigenvalue weighted by Gasteiger charge is -2.50. The largest absolute Gasteiger partial charge is 0.534 e. The van der Waals surface area contributed by atoms with E-state index >= 15 is 0 Å². The van der Waals surface area contributed by atoms with Crippen LogP contribution in [0, 0.1) is 11.8 Å². The maximum absolute atomic E-state index is 13.9. The van der Waals surface area contributed by atoms with Gasteiger partial charge in [0.1, 0.15) is 22.8 Å². The van der Waals surface area contributed by atoms with Gasteiger partial charge in [0, 0.05) is 25.6 Å². The number of nitrogens with two attached hydrogens (primary N) is 2. The molecule has 0 aromatic heterocycles. The molecule has 0 spiro atoms. The second kappa shape index (κ2) is 9.50. The van der Waals surface area contributed by atoms with Crippen LogP contribution in [0.1, 0.15) is 17.5 Å². The summed E-state index contributed by atoms with van der Waals surface area (Å²) in [5, 5.41) is 44.6. The van der Waals surface area contributed by atoms with Gasteiger partial charge in [0.25, 0.3) is 5.91 Å². The van der Waals surface area contributed by atoms with E-state index in [-0.39, 0.29) is 24.1 Å². The molecular weight excluding hydrogens is 593 g/mol. The van der Waals surface area contributed by atoms with Crippen molar-refractivity contribution in [2.45, 2.75) is 30.0 Å². The topological polar surface area (TPSA) is 234 Å². The summed E-state index contributed by atoms with van der Waals surface area (Å²) in [7, 11) is -0.889. The predicted molar refractivity (Wildman–Crippen MR) is 139 cm³/mol. The van der Waals surface area contributed by atoms with Crippen LogP contribution in [-0.4, -0.2) is 96.6 Å². The van der Waals surface area contributed by atoms with Crippen LogP contribution in [-0.2, 0) is 30.9 Å². The Kier molecular flexibility index (Phi) is 6.99. The minimum Gasteiger partial charge on any atom is -0.508 e. The van der Waals surface area contributed by atoms with Gasteiger partial charge in [-0.05, 0) is 38.4 Å². The summed E-state index contributed by atoms with van der Waals surface area (Å²) in [5.41, 5.74) is -1.40. The van der Waals surface area contributed by atoms with Crippen LogP contribution in [0.5, 0.6) is 11.5 Å². The maximum atomic E-state index is 13.9. The van der Waals surface area contributed by atoms with Gasteiger partial charge in [-0.25, -0.2) is 0 Å². The highest BCUT2D eigenvalue weighted by molar-refractivity contribution is 7.88. The molecule has 8 N–H and O–H groups in total. The molecule has 3 aliphatic carbocycles. The van der Waals surface area contributed by atoms with E-state index in [1.54, 1.807) is 0 Å². The highest BCUT2D eigenvalue weighted by Gasteiger charge is 2.64. The zero-order valence-electron chi connectivity index (χ0n) is 22.5. The van der Waals surface area contributed by atoms with Crippen molar-refractivity contribution in [1.29, 1.82) is 0 Å². The van der Waals surface area contributed by atoms with Crippen molar-refractivity contribution < 1.29 is 60.6 Å². The number of hydrogen-bond acceptors (Lipinski definition) is 13. The Bertz CT molecular complexity index is 1620. The number of nitrogens with zero attached hydrogens (tertiary/aromatic N) is 2. The molecule has 1 amide bonds. The van der Waals surface area contributed by atoms with Crippen LogP contribution in [0.15, 0.2) is 16.9 Å². The molecule has 1 saturated carbocycles. The first kappa shape index (κ1) is 30.9. The smallest absolute Gasteiger partial charge is 0.508 e. The fraction of sp³-hybridized carbons (Fsp3) is 0.458. The van der Waals surface area contributed by atoms with Gasteiger partial charge in [0.15, 0.2) is 22.9 Å². The third-order valence-corrected chi connectivity index (χ3v) is 8.73. The molecule has 14 nitrogen and oxygen atoms in total. The first-order chi connectivity index (χ1) is 19.1. The van der Waals surface area contributed by atoms with Crippen molar-refractivity contribution in [2.75, 3.05) is 38.8 Å². The molecule has 3 aliphatic rings. The minimum absolute atomic E-state index is 0.162. The fourth-order valence-corrected chi connectivity index (χ4v) is 6.55. The van der Waals surface area contributed by atoms with Crippen LogP contribution < -0.4 is 20.6 Å².